The van der Waals surface area contributed by atoms with Crippen molar-refractivity contribution in [2.24, 2.45) is 5.14 Å². The van der Waals surface area contributed by atoms with E-state index in [0.29, 0.717) is 12.2 Å². The Hall–Kier alpha value is -1.41. The number of aliphatic carboxylic acids is 2. The van der Waals surface area contributed by atoms with Gasteiger partial charge in [-0.3, -0.25) is 0 Å². The van der Waals surface area contributed by atoms with Gasteiger partial charge in [0.25, 0.3) is 0 Å². The fourth-order valence-corrected chi connectivity index (χ4v) is 0.143. The van der Waals surface area contributed by atoms with Crippen molar-refractivity contribution < 1.29 is 28.2 Å². The van der Waals surface area contributed by atoms with Crippen LogP contribution in [0.2, 0.25) is 0 Å². The Morgan fingerprint density at radius 2 is 1.31 bits per heavy atom. The van der Waals surface area contributed by atoms with Crippen molar-refractivity contribution in [2.45, 2.75) is 0 Å². The maximum absolute atomic E-state index is 9.55. The molecule has 0 saturated heterocycles. The number of carbonyl (C=O) groups is 2. The summed E-state index contributed by atoms with van der Waals surface area (Å²) in [6.07, 6.45) is 2.05. The normalized spacial score (nSPS) is 10.3. The number of sulfonamides is 1. The summed E-state index contributed by atoms with van der Waals surface area (Å²) in [6, 6.07) is 0. The van der Waals surface area contributed by atoms with E-state index in [9.17, 15) is 18.0 Å². The smallest absolute Gasteiger partial charge is 0.328 e. The van der Waals surface area contributed by atoms with Gasteiger partial charge in [0, 0.05) is 12.2 Å². The van der Waals surface area contributed by atoms with Gasteiger partial charge >= 0.3 is 11.9 Å². The largest absolute Gasteiger partial charge is 0.478 e. The maximum atomic E-state index is 9.55. The van der Waals surface area contributed by atoms with Crippen LogP contribution in [0.5, 0.6) is 0 Å². The van der Waals surface area contributed by atoms with Gasteiger partial charge in [0.15, 0.2) is 0 Å². The second kappa shape index (κ2) is 6.14. The van der Waals surface area contributed by atoms with Gasteiger partial charge in [0.05, 0.1) is 6.26 Å². The molecule has 0 aromatic rings. The van der Waals surface area contributed by atoms with E-state index in [0.717, 1.165) is 6.26 Å². The predicted octanol–water partition coefficient (Wildman–Crippen LogP) is -1.38. The highest BCUT2D eigenvalue weighted by atomic mass is 32.2. The summed E-state index contributed by atoms with van der Waals surface area (Å²) in [4.78, 5) is 19.1. The Morgan fingerprint density at radius 3 is 1.38 bits per heavy atom. The molecule has 0 aromatic carbocycles. The molecule has 0 radical (unpaired) electrons. The molecule has 0 aliphatic rings. The van der Waals surface area contributed by atoms with Crippen LogP contribution in [0.25, 0.3) is 0 Å². The van der Waals surface area contributed by atoms with Crippen LogP contribution in [0.3, 0.4) is 0 Å². The van der Waals surface area contributed by atoms with Crippen LogP contribution in [0.4, 0.5) is 0 Å². The summed E-state index contributed by atoms with van der Waals surface area (Å²) in [6.45, 7) is 0. The molecule has 13 heavy (non-hydrogen) atoms. The van der Waals surface area contributed by atoms with E-state index in [1.807, 2.05) is 0 Å². The average Bonchev–Trinajstić information content (AvgIpc) is 1.79. The lowest BCUT2D eigenvalue weighted by molar-refractivity contribution is -0.134. The minimum absolute atomic E-state index is 0.558. The molecule has 76 valence electrons. The molecule has 0 unspecified atom stereocenters. The van der Waals surface area contributed by atoms with Crippen LogP contribution in [0, 0.1) is 0 Å². The summed E-state index contributed by atoms with van der Waals surface area (Å²) in [5, 5.41) is 20.0. The highest BCUT2D eigenvalue weighted by Crippen LogP contribution is 1.70. The first-order chi connectivity index (χ1) is 5.63. The van der Waals surface area contributed by atoms with Crippen LogP contribution in [0.1, 0.15) is 0 Å². The van der Waals surface area contributed by atoms with E-state index >= 15 is 0 Å². The van der Waals surface area contributed by atoms with Gasteiger partial charge in [-0.1, -0.05) is 0 Å². The molecule has 0 heterocycles. The van der Waals surface area contributed by atoms with Crippen molar-refractivity contribution in [2.75, 3.05) is 6.26 Å². The molecule has 0 atom stereocenters. The van der Waals surface area contributed by atoms with Gasteiger partial charge < -0.3 is 10.2 Å². The van der Waals surface area contributed by atoms with Gasteiger partial charge in [0.1, 0.15) is 0 Å². The molecule has 0 aliphatic heterocycles. The van der Waals surface area contributed by atoms with Crippen molar-refractivity contribution >= 4 is 22.0 Å². The monoisotopic (exact) mass is 211 g/mol. The predicted molar refractivity (Wildman–Crippen MR) is 43.4 cm³/mol. The Labute approximate surface area is 74.5 Å². The summed E-state index contributed by atoms with van der Waals surface area (Å²) >= 11 is 0. The highest BCUT2D eigenvalue weighted by molar-refractivity contribution is 7.88. The number of nitrogens with two attached hydrogens (primary N) is 1. The summed E-state index contributed by atoms with van der Waals surface area (Å²) in [5.41, 5.74) is 0. The first-order valence-corrected chi connectivity index (χ1v) is 4.70. The molecule has 0 amide bonds. The number of carboxylic acids is 2. The minimum Gasteiger partial charge on any atom is -0.478 e. The van der Waals surface area contributed by atoms with Crippen molar-refractivity contribution in [3.05, 3.63) is 12.2 Å². The first kappa shape index (κ1) is 14.1. The van der Waals surface area contributed by atoms with Crippen molar-refractivity contribution in [1.29, 1.82) is 0 Å². The van der Waals surface area contributed by atoms with E-state index in [1.165, 1.54) is 0 Å². The standard InChI is InChI=1S/C4H4O4.CH5NO2S/c5-3(6)1-2-4(7)8;1-5(2,3)4/h1-2H,(H,5,6)(H,7,8);1H3,(H2,2,3,4). The lowest BCUT2D eigenvalue weighted by Crippen LogP contribution is -2.07. The minimum atomic E-state index is -3.17. The zero-order valence-corrected chi connectivity index (χ0v) is 7.48. The Kier molecular flexibility index (Phi) is 6.68. The Morgan fingerprint density at radius 1 is 1.15 bits per heavy atom. The van der Waals surface area contributed by atoms with Gasteiger partial charge in [-0.05, 0) is 0 Å². The zero-order valence-electron chi connectivity index (χ0n) is 6.67. The van der Waals surface area contributed by atoms with Crippen molar-refractivity contribution in [3.63, 3.8) is 0 Å². The third kappa shape index (κ3) is 60.6. The first-order valence-electron chi connectivity index (χ1n) is 2.74. The topological polar surface area (TPSA) is 135 Å². The number of primary sulfonamides is 1. The van der Waals surface area contributed by atoms with Crippen LogP contribution < -0.4 is 5.14 Å². The average molecular weight is 211 g/mol. The van der Waals surface area contributed by atoms with Gasteiger partial charge in [-0.2, -0.15) is 0 Å². The fourth-order valence-electron chi connectivity index (χ4n) is 0.143. The van der Waals surface area contributed by atoms with E-state index in [4.69, 9.17) is 10.2 Å². The maximum Gasteiger partial charge on any atom is 0.328 e. The molecule has 0 aromatic heterocycles. The highest BCUT2D eigenvalue weighted by Gasteiger charge is 1.88. The molecule has 0 aliphatic carbocycles. The molecule has 0 bridgehead atoms. The lowest BCUT2D eigenvalue weighted by atomic mass is 10.5. The van der Waals surface area contributed by atoms with Gasteiger partial charge in [-0.15, -0.1) is 0 Å². The van der Waals surface area contributed by atoms with Crippen molar-refractivity contribution in [1.82, 2.24) is 0 Å². The van der Waals surface area contributed by atoms with Crippen LogP contribution >= 0.6 is 0 Å². The molecular weight excluding hydrogens is 202 g/mol. The molecule has 0 rings (SSSR count). The van der Waals surface area contributed by atoms with Gasteiger partial charge in [-0.25, -0.2) is 23.1 Å². The zero-order chi connectivity index (χ0) is 11.1. The summed E-state index contributed by atoms with van der Waals surface area (Å²) in [7, 11) is -3.17. The van der Waals surface area contributed by atoms with E-state index < -0.39 is 22.0 Å². The summed E-state index contributed by atoms with van der Waals surface area (Å²) < 4.78 is 18.8. The molecule has 4 N–H and O–H groups in total. The second-order valence-corrected chi connectivity index (χ2v) is 3.50. The second-order valence-electron chi connectivity index (χ2n) is 1.84. The molecule has 0 saturated carbocycles. The van der Waals surface area contributed by atoms with Crippen LogP contribution in [0.15, 0.2) is 12.2 Å². The summed E-state index contributed by atoms with van der Waals surface area (Å²) in [5.74, 6) is -2.51. The lowest BCUT2D eigenvalue weighted by Gasteiger charge is -1.74. The quantitative estimate of drug-likeness (QED) is 0.481. The number of carboxylic acid groups (broad SMARTS) is 2. The third-order valence-electron chi connectivity index (χ3n) is 0.368. The van der Waals surface area contributed by atoms with E-state index in [-0.39, 0.29) is 0 Å². The number of rotatable bonds is 2. The number of hydrogen-bond donors (Lipinski definition) is 3. The third-order valence-corrected chi connectivity index (χ3v) is 0.368. The SMILES string of the molecule is CS(N)(=O)=O.O=C(O)C=CC(=O)O. The Balaban J connectivity index is 0. The van der Waals surface area contributed by atoms with E-state index in [2.05, 4.69) is 5.14 Å². The van der Waals surface area contributed by atoms with Crippen LogP contribution in [-0.2, 0) is 19.6 Å². The number of hydrogen-bond acceptors (Lipinski definition) is 4. The Bertz CT molecular complexity index is 279. The van der Waals surface area contributed by atoms with Crippen LogP contribution in [-0.4, -0.2) is 36.8 Å². The van der Waals surface area contributed by atoms with Gasteiger partial charge in [0.2, 0.25) is 10.0 Å². The fraction of sp³-hybridized carbons (Fsp3) is 0.200. The molecule has 0 fully saturated rings. The van der Waals surface area contributed by atoms with Crippen molar-refractivity contribution in [3.8, 4) is 0 Å². The molecular formula is C5H9NO6S. The van der Waals surface area contributed by atoms with E-state index in [1.54, 1.807) is 0 Å². The molecule has 7 nitrogen and oxygen atoms in total. The molecule has 8 heteroatoms. The molecule has 0 spiro atoms.